The summed E-state index contributed by atoms with van der Waals surface area (Å²) in [6, 6.07) is 26.3. The van der Waals surface area contributed by atoms with E-state index in [1.54, 1.807) is 0 Å². The lowest BCUT2D eigenvalue weighted by Gasteiger charge is -2.28. The van der Waals surface area contributed by atoms with Crippen LogP contribution in [0.25, 0.3) is 0 Å². The summed E-state index contributed by atoms with van der Waals surface area (Å²) in [5.41, 5.74) is 7.63. The van der Waals surface area contributed by atoms with Gasteiger partial charge >= 0.3 is 0 Å². The Hall–Kier alpha value is -2.54. The fraction of sp³-hybridized carbons (Fsp3) is 0.217. The summed E-state index contributed by atoms with van der Waals surface area (Å²) in [7, 11) is 0. The first-order valence-electron chi connectivity index (χ1n) is 8.70. The number of benzene rings is 3. The van der Waals surface area contributed by atoms with Crippen molar-refractivity contribution in [3.63, 3.8) is 0 Å². The second-order valence-electron chi connectivity index (χ2n) is 6.39. The lowest BCUT2D eigenvalue weighted by atomic mass is 10.0. The van der Waals surface area contributed by atoms with Crippen molar-refractivity contribution < 1.29 is 0 Å². The summed E-state index contributed by atoms with van der Waals surface area (Å²) in [6.45, 7) is 6.49. The van der Waals surface area contributed by atoms with Gasteiger partial charge in [0.25, 0.3) is 0 Å². The first-order chi connectivity index (χ1) is 11.7. The number of aryl methyl sites for hydroxylation is 3. The van der Waals surface area contributed by atoms with E-state index < -0.39 is 0 Å². The van der Waals surface area contributed by atoms with Gasteiger partial charge in [-0.25, -0.2) is 0 Å². The van der Waals surface area contributed by atoms with Crippen LogP contribution in [0.3, 0.4) is 0 Å². The number of rotatable bonds is 5. The van der Waals surface area contributed by atoms with Gasteiger partial charge in [0, 0.05) is 17.1 Å². The van der Waals surface area contributed by atoms with Crippen LogP contribution in [-0.4, -0.2) is 0 Å². The lowest BCUT2D eigenvalue weighted by molar-refractivity contribution is 0.919. The summed E-state index contributed by atoms with van der Waals surface area (Å²) in [5.74, 6) is 0. The minimum atomic E-state index is 1.09. The number of nitrogens with zero attached hydrogens (tertiary/aromatic N) is 1. The fourth-order valence-electron chi connectivity index (χ4n) is 3.02. The maximum Gasteiger partial charge on any atom is 0.0493 e. The molecule has 0 bridgehead atoms. The Bertz CT molecular complexity index is 740. The molecule has 3 aromatic carbocycles. The second kappa shape index (κ2) is 7.35. The summed E-state index contributed by atoms with van der Waals surface area (Å²) in [5, 5.41) is 0. The highest BCUT2D eigenvalue weighted by atomic mass is 15.1. The zero-order valence-electron chi connectivity index (χ0n) is 14.8. The Kier molecular flexibility index (Phi) is 5.00. The summed E-state index contributed by atoms with van der Waals surface area (Å²) in [6.07, 6.45) is 2.23. The Labute approximate surface area is 145 Å². The average Bonchev–Trinajstić information content (AvgIpc) is 2.60. The van der Waals surface area contributed by atoms with Crippen molar-refractivity contribution in [2.24, 2.45) is 0 Å². The maximum atomic E-state index is 2.36. The molecule has 1 heteroatoms. The van der Waals surface area contributed by atoms with Crippen LogP contribution >= 0.6 is 0 Å². The third-order valence-corrected chi connectivity index (χ3v) is 4.34. The molecule has 3 aromatic rings. The van der Waals surface area contributed by atoms with Crippen molar-refractivity contribution in [3.05, 3.63) is 89.5 Å². The van der Waals surface area contributed by atoms with Gasteiger partial charge in [-0.2, -0.15) is 0 Å². The van der Waals surface area contributed by atoms with Gasteiger partial charge in [-0.15, -0.1) is 0 Å². The van der Waals surface area contributed by atoms with E-state index in [2.05, 4.69) is 98.5 Å². The van der Waals surface area contributed by atoms with Crippen molar-refractivity contribution in [3.8, 4) is 0 Å². The molecule has 0 saturated heterocycles. The van der Waals surface area contributed by atoms with Gasteiger partial charge in [-0.1, -0.05) is 66.9 Å². The molecule has 122 valence electrons. The molecule has 3 rings (SSSR count). The first-order valence-corrected chi connectivity index (χ1v) is 8.70. The molecule has 24 heavy (non-hydrogen) atoms. The van der Waals surface area contributed by atoms with Crippen LogP contribution in [0.1, 0.15) is 30.0 Å². The monoisotopic (exact) mass is 315 g/mol. The highest BCUT2D eigenvalue weighted by Gasteiger charge is 2.15. The molecule has 0 fully saturated rings. The SMILES string of the molecule is CCCc1ccccc1N(c1ccc(C)cc1)c1ccc(C)cc1. The Balaban J connectivity index is 2.15. The van der Waals surface area contributed by atoms with Crippen molar-refractivity contribution in [1.29, 1.82) is 0 Å². The Morgan fingerprint density at radius 2 is 1.17 bits per heavy atom. The molecule has 0 heterocycles. The van der Waals surface area contributed by atoms with Crippen molar-refractivity contribution in [2.75, 3.05) is 4.90 Å². The molecule has 0 aliphatic heterocycles. The molecular weight excluding hydrogens is 290 g/mol. The van der Waals surface area contributed by atoms with Crippen molar-refractivity contribution >= 4 is 17.1 Å². The molecule has 1 nitrogen and oxygen atoms in total. The molecule has 0 amide bonds. The van der Waals surface area contributed by atoms with Crippen molar-refractivity contribution in [2.45, 2.75) is 33.6 Å². The topological polar surface area (TPSA) is 3.24 Å². The van der Waals surface area contributed by atoms with E-state index in [9.17, 15) is 0 Å². The standard InChI is InChI=1S/C23H25N/c1-4-7-20-8-5-6-9-23(20)24(21-14-10-18(2)11-15-21)22-16-12-19(3)13-17-22/h5-6,8-17H,4,7H2,1-3H3. The van der Waals surface area contributed by atoms with Gasteiger partial charge in [-0.05, 0) is 56.2 Å². The van der Waals surface area contributed by atoms with Gasteiger partial charge < -0.3 is 4.90 Å². The smallest absolute Gasteiger partial charge is 0.0493 e. The Morgan fingerprint density at radius 3 is 1.67 bits per heavy atom. The van der Waals surface area contributed by atoms with E-state index in [4.69, 9.17) is 0 Å². The van der Waals surface area contributed by atoms with E-state index >= 15 is 0 Å². The third kappa shape index (κ3) is 3.51. The van der Waals surface area contributed by atoms with Gasteiger partial charge in [0.2, 0.25) is 0 Å². The van der Waals surface area contributed by atoms with Crippen LogP contribution < -0.4 is 4.90 Å². The Morgan fingerprint density at radius 1 is 0.667 bits per heavy atom. The zero-order valence-corrected chi connectivity index (χ0v) is 14.8. The summed E-state index contributed by atoms with van der Waals surface area (Å²) in [4.78, 5) is 2.36. The highest BCUT2D eigenvalue weighted by Crippen LogP contribution is 2.37. The minimum absolute atomic E-state index is 1.09. The van der Waals surface area contributed by atoms with Crippen LogP contribution in [0.2, 0.25) is 0 Å². The van der Waals surface area contributed by atoms with Crippen LogP contribution in [-0.2, 0) is 6.42 Å². The highest BCUT2D eigenvalue weighted by molar-refractivity contribution is 5.78. The second-order valence-corrected chi connectivity index (χ2v) is 6.39. The number of para-hydroxylation sites is 1. The number of anilines is 3. The van der Waals surface area contributed by atoms with Gasteiger partial charge in [0.05, 0.1) is 0 Å². The normalized spacial score (nSPS) is 10.6. The van der Waals surface area contributed by atoms with E-state index in [1.807, 2.05) is 0 Å². The summed E-state index contributed by atoms with van der Waals surface area (Å²) >= 11 is 0. The molecule has 0 radical (unpaired) electrons. The molecular formula is C23H25N. The predicted molar refractivity (Wildman–Crippen MR) is 105 cm³/mol. The van der Waals surface area contributed by atoms with Gasteiger partial charge in [0.1, 0.15) is 0 Å². The predicted octanol–water partition coefficient (Wildman–Crippen LogP) is 6.73. The first kappa shape index (κ1) is 16.3. The molecule has 0 spiro atoms. The zero-order chi connectivity index (χ0) is 16.9. The quantitative estimate of drug-likeness (QED) is 0.505. The summed E-state index contributed by atoms with van der Waals surface area (Å²) < 4.78 is 0. The molecule has 0 unspecified atom stereocenters. The van der Waals surface area contributed by atoms with E-state index in [1.165, 1.54) is 33.8 Å². The average molecular weight is 315 g/mol. The number of hydrogen-bond donors (Lipinski definition) is 0. The van der Waals surface area contributed by atoms with Gasteiger partial charge in [0.15, 0.2) is 0 Å². The van der Waals surface area contributed by atoms with Crippen LogP contribution in [0, 0.1) is 13.8 Å². The molecule has 0 aromatic heterocycles. The third-order valence-electron chi connectivity index (χ3n) is 4.34. The molecule has 0 N–H and O–H groups in total. The van der Waals surface area contributed by atoms with Crippen LogP contribution in [0.4, 0.5) is 17.1 Å². The maximum absolute atomic E-state index is 2.36. The minimum Gasteiger partial charge on any atom is -0.310 e. The molecule has 0 aliphatic rings. The molecule has 0 atom stereocenters. The van der Waals surface area contributed by atoms with Crippen LogP contribution in [0.15, 0.2) is 72.8 Å². The lowest BCUT2D eigenvalue weighted by Crippen LogP contribution is -2.12. The molecule has 0 saturated carbocycles. The largest absolute Gasteiger partial charge is 0.310 e. The number of hydrogen-bond acceptors (Lipinski definition) is 1. The van der Waals surface area contributed by atoms with E-state index in [0.717, 1.165) is 12.8 Å². The van der Waals surface area contributed by atoms with E-state index in [-0.39, 0.29) is 0 Å². The van der Waals surface area contributed by atoms with Gasteiger partial charge in [-0.3, -0.25) is 0 Å². The molecule has 0 aliphatic carbocycles. The van der Waals surface area contributed by atoms with E-state index in [0.29, 0.717) is 0 Å². The fourth-order valence-corrected chi connectivity index (χ4v) is 3.02. The van der Waals surface area contributed by atoms with Crippen molar-refractivity contribution in [1.82, 2.24) is 0 Å². The van der Waals surface area contributed by atoms with Crippen LogP contribution in [0.5, 0.6) is 0 Å².